The maximum atomic E-state index is 11.0. The molecule has 0 atom stereocenters. The molecule has 0 spiro atoms. The second kappa shape index (κ2) is 6.12. The van der Waals surface area contributed by atoms with Crippen LogP contribution in [0, 0.1) is 0 Å². The standard InChI is InChI=1S/C11H15ClO4S/c1-15-10-4-3-9(8-12)11(7-10)16-5-6-17(2,13)14/h3-4,7H,5-6,8H2,1-2H3. The lowest BCUT2D eigenvalue weighted by Gasteiger charge is -2.11. The number of benzene rings is 1. The Bertz CT molecular complexity index is 470. The SMILES string of the molecule is COc1ccc(CCl)c(OCCS(C)(=O)=O)c1. The van der Waals surface area contributed by atoms with Gasteiger partial charge in [-0.25, -0.2) is 8.42 Å². The van der Waals surface area contributed by atoms with Crippen molar-refractivity contribution in [3.8, 4) is 11.5 Å². The predicted molar refractivity (Wildman–Crippen MR) is 67.8 cm³/mol. The Labute approximate surface area is 106 Å². The summed E-state index contributed by atoms with van der Waals surface area (Å²) < 4.78 is 32.4. The zero-order valence-corrected chi connectivity index (χ0v) is 11.3. The fourth-order valence-electron chi connectivity index (χ4n) is 1.21. The highest BCUT2D eigenvalue weighted by molar-refractivity contribution is 7.90. The van der Waals surface area contributed by atoms with Crippen LogP contribution in [0.2, 0.25) is 0 Å². The Morgan fingerprint density at radius 2 is 2.06 bits per heavy atom. The molecular formula is C11H15ClO4S. The Kier molecular flexibility index (Phi) is 5.08. The van der Waals surface area contributed by atoms with Crippen molar-refractivity contribution in [2.24, 2.45) is 0 Å². The third kappa shape index (κ3) is 4.83. The summed E-state index contributed by atoms with van der Waals surface area (Å²) in [7, 11) is -1.47. The molecule has 0 fully saturated rings. The topological polar surface area (TPSA) is 52.6 Å². The summed E-state index contributed by atoms with van der Waals surface area (Å²) in [5.74, 6) is 1.49. The van der Waals surface area contributed by atoms with Crippen LogP contribution in [0.1, 0.15) is 5.56 Å². The molecule has 96 valence electrons. The van der Waals surface area contributed by atoms with E-state index in [1.807, 2.05) is 0 Å². The van der Waals surface area contributed by atoms with Gasteiger partial charge in [-0.2, -0.15) is 0 Å². The van der Waals surface area contributed by atoms with Crippen LogP contribution in [-0.2, 0) is 15.7 Å². The first-order valence-electron chi connectivity index (χ1n) is 4.99. The van der Waals surface area contributed by atoms with Crippen LogP contribution >= 0.6 is 11.6 Å². The van der Waals surface area contributed by atoms with Gasteiger partial charge in [-0.3, -0.25) is 0 Å². The molecule has 0 saturated carbocycles. The van der Waals surface area contributed by atoms with Gasteiger partial charge in [0.25, 0.3) is 0 Å². The molecule has 1 aromatic rings. The average Bonchev–Trinajstić information content (AvgIpc) is 2.27. The van der Waals surface area contributed by atoms with Crippen molar-refractivity contribution < 1.29 is 17.9 Å². The number of rotatable bonds is 6. The molecule has 0 unspecified atom stereocenters. The zero-order valence-electron chi connectivity index (χ0n) is 9.77. The average molecular weight is 279 g/mol. The first kappa shape index (κ1) is 14.1. The lowest BCUT2D eigenvalue weighted by atomic mass is 10.2. The van der Waals surface area contributed by atoms with Crippen molar-refractivity contribution in [2.75, 3.05) is 25.7 Å². The fourth-order valence-corrected chi connectivity index (χ4v) is 1.82. The first-order valence-corrected chi connectivity index (χ1v) is 7.59. The Morgan fingerprint density at radius 3 is 2.59 bits per heavy atom. The van der Waals surface area contributed by atoms with Gasteiger partial charge in [0.15, 0.2) is 9.84 Å². The van der Waals surface area contributed by atoms with Gasteiger partial charge in [-0.15, -0.1) is 11.6 Å². The van der Waals surface area contributed by atoms with Crippen LogP contribution in [0.25, 0.3) is 0 Å². The second-order valence-electron chi connectivity index (χ2n) is 3.59. The molecule has 1 aromatic carbocycles. The Morgan fingerprint density at radius 1 is 1.35 bits per heavy atom. The van der Waals surface area contributed by atoms with Crippen molar-refractivity contribution in [2.45, 2.75) is 5.88 Å². The van der Waals surface area contributed by atoms with E-state index >= 15 is 0 Å². The maximum absolute atomic E-state index is 11.0. The molecular weight excluding hydrogens is 264 g/mol. The second-order valence-corrected chi connectivity index (χ2v) is 6.11. The van der Waals surface area contributed by atoms with E-state index in [1.54, 1.807) is 25.3 Å². The van der Waals surface area contributed by atoms with Gasteiger partial charge in [0.1, 0.15) is 18.1 Å². The predicted octanol–water partition coefficient (Wildman–Crippen LogP) is 1.86. The summed E-state index contributed by atoms with van der Waals surface area (Å²) in [6.45, 7) is 0.107. The van der Waals surface area contributed by atoms with Crippen molar-refractivity contribution in [3.63, 3.8) is 0 Å². The van der Waals surface area contributed by atoms with Gasteiger partial charge in [-0.1, -0.05) is 6.07 Å². The molecule has 0 radical (unpaired) electrons. The quantitative estimate of drug-likeness (QED) is 0.746. The van der Waals surface area contributed by atoms with Crippen LogP contribution in [0.15, 0.2) is 18.2 Å². The molecule has 0 aliphatic carbocycles. The number of halogens is 1. The maximum Gasteiger partial charge on any atom is 0.150 e. The monoisotopic (exact) mass is 278 g/mol. The first-order chi connectivity index (χ1) is 7.96. The van der Waals surface area contributed by atoms with Crippen LogP contribution in [0.4, 0.5) is 0 Å². The van der Waals surface area contributed by atoms with Gasteiger partial charge < -0.3 is 9.47 Å². The minimum atomic E-state index is -3.02. The minimum Gasteiger partial charge on any atom is -0.497 e. The summed E-state index contributed by atoms with van der Waals surface area (Å²) in [5.41, 5.74) is 0.806. The van der Waals surface area contributed by atoms with Crippen LogP contribution in [0.3, 0.4) is 0 Å². The molecule has 0 N–H and O–H groups in total. The number of ether oxygens (including phenoxy) is 2. The minimum absolute atomic E-state index is 0.0219. The molecule has 1 rings (SSSR count). The highest BCUT2D eigenvalue weighted by Gasteiger charge is 2.07. The van der Waals surface area contributed by atoms with E-state index in [2.05, 4.69) is 0 Å². The third-order valence-corrected chi connectivity index (χ3v) is 3.33. The van der Waals surface area contributed by atoms with Gasteiger partial charge in [-0.05, 0) is 6.07 Å². The fraction of sp³-hybridized carbons (Fsp3) is 0.455. The molecule has 17 heavy (non-hydrogen) atoms. The van der Waals surface area contributed by atoms with Gasteiger partial charge in [0.05, 0.1) is 18.7 Å². The van der Waals surface area contributed by atoms with Crippen molar-refractivity contribution in [1.29, 1.82) is 0 Å². The molecule has 0 heterocycles. The molecule has 0 saturated heterocycles. The van der Waals surface area contributed by atoms with Gasteiger partial charge in [0, 0.05) is 17.9 Å². The largest absolute Gasteiger partial charge is 0.497 e. The molecule has 0 aliphatic heterocycles. The lowest BCUT2D eigenvalue weighted by molar-refractivity contribution is 0.334. The van der Waals surface area contributed by atoms with Crippen LogP contribution in [-0.4, -0.2) is 34.1 Å². The highest BCUT2D eigenvalue weighted by Crippen LogP contribution is 2.26. The molecule has 0 bridgehead atoms. The van der Waals surface area contributed by atoms with E-state index < -0.39 is 9.84 Å². The van der Waals surface area contributed by atoms with Crippen molar-refractivity contribution in [3.05, 3.63) is 23.8 Å². The Hall–Kier alpha value is -0.940. The highest BCUT2D eigenvalue weighted by atomic mass is 35.5. The van der Waals surface area contributed by atoms with E-state index in [0.29, 0.717) is 17.4 Å². The van der Waals surface area contributed by atoms with E-state index in [4.69, 9.17) is 21.1 Å². The summed E-state index contributed by atoms with van der Waals surface area (Å²) in [4.78, 5) is 0. The molecule has 4 nitrogen and oxygen atoms in total. The zero-order chi connectivity index (χ0) is 12.9. The molecule has 0 aliphatic rings. The Balaban J connectivity index is 2.74. The van der Waals surface area contributed by atoms with Gasteiger partial charge >= 0.3 is 0 Å². The summed E-state index contributed by atoms with van der Waals surface area (Å²) in [6.07, 6.45) is 1.17. The van der Waals surface area contributed by atoms with E-state index in [0.717, 1.165) is 5.56 Å². The number of hydrogen-bond acceptors (Lipinski definition) is 4. The smallest absolute Gasteiger partial charge is 0.150 e. The normalized spacial score (nSPS) is 11.2. The summed E-state index contributed by atoms with van der Waals surface area (Å²) in [6, 6.07) is 5.27. The number of alkyl halides is 1. The van der Waals surface area contributed by atoms with Crippen LogP contribution < -0.4 is 9.47 Å². The van der Waals surface area contributed by atoms with E-state index in [9.17, 15) is 8.42 Å². The van der Waals surface area contributed by atoms with Crippen LogP contribution in [0.5, 0.6) is 11.5 Å². The molecule has 0 aromatic heterocycles. The number of hydrogen-bond donors (Lipinski definition) is 0. The van der Waals surface area contributed by atoms with Crippen molar-refractivity contribution in [1.82, 2.24) is 0 Å². The van der Waals surface area contributed by atoms with Gasteiger partial charge in [0.2, 0.25) is 0 Å². The van der Waals surface area contributed by atoms with E-state index in [-0.39, 0.29) is 12.4 Å². The van der Waals surface area contributed by atoms with Crippen molar-refractivity contribution >= 4 is 21.4 Å². The summed E-state index contributed by atoms with van der Waals surface area (Å²) >= 11 is 5.76. The lowest BCUT2D eigenvalue weighted by Crippen LogP contribution is -2.12. The third-order valence-electron chi connectivity index (χ3n) is 2.13. The summed E-state index contributed by atoms with van der Waals surface area (Å²) in [5, 5.41) is 0. The van der Waals surface area contributed by atoms with E-state index in [1.165, 1.54) is 6.26 Å². The molecule has 0 amide bonds. The molecule has 6 heteroatoms. The number of sulfone groups is 1. The number of methoxy groups -OCH3 is 1.